The summed E-state index contributed by atoms with van der Waals surface area (Å²) >= 11 is 0. The van der Waals surface area contributed by atoms with E-state index in [0.717, 1.165) is 4.57 Å². The number of aryl methyl sites for hydroxylation is 1. The van der Waals surface area contributed by atoms with Crippen LogP contribution in [0.4, 0.5) is 11.4 Å². The molecule has 3 rings (SSSR count). The average molecular weight is 378 g/mol. The van der Waals surface area contributed by atoms with Gasteiger partial charge in [0.15, 0.2) is 11.4 Å². The number of rotatable bonds is 4. The molecule has 0 saturated heterocycles. The Hall–Kier alpha value is -3.93. The van der Waals surface area contributed by atoms with Crippen LogP contribution in [0.15, 0.2) is 50.1 Å². The highest BCUT2D eigenvalue weighted by Gasteiger charge is 2.19. The molecular weight excluding hydrogens is 360 g/mol. The molecule has 2 N–H and O–H groups in total. The lowest BCUT2D eigenvalue weighted by Gasteiger charge is -2.10. The van der Waals surface area contributed by atoms with Gasteiger partial charge in [0.05, 0.1) is 11.4 Å². The lowest BCUT2D eigenvalue weighted by atomic mass is 10.1. The second kappa shape index (κ2) is 7.36. The van der Waals surface area contributed by atoms with Crippen LogP contribution in [-0.2, 0) is 6.54 Å². The Balaban J connectivity index is 2.15. The Bertz CT molecular complexity index is 1230. The molecule has 0 unspecified atom stereocenters. The van der Waals surface area contributed by atoms with Crippen LogP contribution in [0.1, 0.15) is 23.7 Å². The predicted molar refractivity (Wildman–Crippen MR) is 103 cm³/mol. The Morgan fingerprint density at radius 3 is 2.36 bits per heavy atom. The van der Waals surface area contributed by atoms with Gasteiger partial charge in [-0.05, 0) is 32.9 Å². The molecular formula is C19H18N6O3. The molecule has 0 atom stereocenters. The first-order valence-electron chi connectivity index (χ1n) is 8.55. The van der Waals surface area contributed by atoms with Gasteiger partial charge in [0.2, 0.25) is 5.88 Å². The minimum atomic E-state index is -0.586. The molecule has 0 radical (unpaired) electrons. The molecule has 0 spiro atoms. The van der Waals surface area contributed by atoms with Crippen LogP contribution in [0, 0.1) is 25.2 Å². The second-order valence-electron chi connectivity index (χ2n) is 6.09. The van der Waals surface area contributed by atoms with E-state index in [9.17, 15) is 20.0 Å². The number of nitrogens with zero attached hydrogens (tertiary/aromatic N) is 5. The van der Waals surface area contributed by atoms with E-state index in [4.69, 9.17) is 0 Å². The number of benzene rings is 1. The van der Waals surface area contributed by atoms with Gasteiger partial charge in [0.25, 0.3) is 11.1 Å². The van der Waals surface area contributed by atoms with Crippen molar-refractivity contribution in [3.63, 3.8) is 0 Å². The predicted octanol–water partition coefficient (Wildman–Crippen LogP) is 2.96. The fourth-order valence-corrected chi connectivity index (χ4v) is 2.86. The highest BCUT2D eigenvalue weighted by molar-refractivity contribution is 5.57. The molecule has 9 heteroatoms. The molecule has 9 nitrogen and oxygen atoms in total. The van der Waals surface area contributed by atoms with E-state index >= 15 is 0 Å². The van der Waals surface area contributed by atoms with Crippen LogP contribution >= 0.6 is 0 Å². The van der Waals surface area contributed by atoms with E-state index in [1.165, 1.54) is 11.6 Å². The molecule has 2 heterocycles. The van der Waals surface area contributed by atoms with Crippen LogP contribution in [0.3, 0.4) is 0 Å². The first kappa shape index (κ1) is 18.8. The van der Waals surface area contributed by atoms with Crippen molar-refractivity contribution < 1.29 is 5.11 Å². The highest BCUT2D eigenvalue weighted by atomic mass is 16.3. The number of aromatic hydroxyl groups is 1. The van der Waals surface area contributed by atoms with Gasteiger partial charge in [-0.3, -0.25) is 19.3 Å². The number of nitrogens with one attached hydrogen (secondary N) is 1. The van der Waals surface area contributed by atoms with Gasteiger partial charge >= 0.3 is 0 Å². The zero-order valence-corrected chi connectivity index (χ0v) is 15.6. The number of pyridine rings is 1. The van der Waals surface area contributed by atoms with Gasteiger partial charge in [-0.1, -0.05) is 18.2 Å². The largest absolute Gasteiger partial charge is 0.493 e. The Morgan fingerprint density at radius 1 is 1.11 bits per heavy atom. The molecule has 0 bridgehead atoms. The third kappa shape index (κ3) is 3.01. The lowest BCUT2D eigenvalue weighted by Crippen LogP contribution is -2.20. The van der Waals surface area contributed by atoms with Crippen LogP contribution in [0.5, 0.6) is 5.88 Å². The van der Waals surface area contributed by atoms with E-state index in [1.807, 2.05) is 12.1 Å². The summed E-state index contributed by atoms with van der Waals surface area (Å²) in [6.45, 7) is 4.99. The van der Waals surface area contributed by atoms with Crippen LogP contribution in [0.25, 0.3) is 5.69 Å². The Labute approximate surface area is 159 Å². The summed E-state index contributed by atoms with van der Waals surface area (Å²) in [6, 6.07) is 10.8. The molecule has 3 aromatic rings. The van der Waals surface area contributed by atoms with E-state index in [1.54, 1.807) is 38.1 Å². The fourth-order valence-electron chi connectivity index (χ4n) is 2.86. The molecule has 0 saturated carbocycles. The number of hydrogen-bond donors (Lipinski definition) is 2. The lowest BCUT2D eigenvalue weighted by molar-refractivity contribution is 0.409. The minimum Gasteiger partial charge on any atom is -0.493 e. The number of hydrogen-bond acceptors (Lipinski definition) is 6. The third-order valence-electron chi connectivity index (χ3n) is 4.39. The summed E-state index contributed by atoms with van der Waals surface area (Å²) in [5.74, 6) is -0.407. The first-order chi connectivity index (χ1) is 13.4. The number of nitriles is 1. The molecule has 0 amide bonds. The van der Waals surface area contributed by atoms with Crippen molar-refractivity contribution in [2.24, 2.45) is 10.2 Å². The monoisotopic (exact) mass is 378 g/mol. The standard InChI is InChI=1S/C19H18N6O3/c1-4-24-17(26)14(10-20)11(2)15(18(24)27)21-22-16-12(3)23-25(19(16)28)13-8-6-5-7-9-13/h5-9,23,26H,4H2,1-3H3. The van der Waals surface area contributed by atoms with Crippen molar-refractivity contribution in [2.75, 3.05) is 0 Å². The van der Waals surface area contributed by atoms with E-state index in [-0.39, 0.29) is 29.0 Å². The molecule has 0 aliphatic rings. The smallest absolute Gasteiger partial charge is 0.299 e. The van der Waals surface area contributed by atoms with Gasteiger partial charge in [-0.2, -0.15) is 5.26 Å². The summed E-state index contributed by atoms with van der Waals surface area (Å²) in [5, 5.41) is 30.2. The van der Waals surface area contributed by atoms with Crippen molar-refractivity contribution in [3.8, 4) is 17.6 Å². The van der Waals surface area contributed by atoms with Crippen molar-refractivity contribution in [1.82, 2.24) is 14.3 Å². The van der Waals surface area contributed by atoms with E-state index in [0.29, 0.717) is 11.4 Å². The van der Waals surface area contributed by atoms with Crippen LogP contribution in [-0.4, -0.2) is 19.5 Å². The maximum absolute atomic E-state index is 12.7. The summed E-state index contributed by atoms with van der Waals surface area (Å²) < 4.78 is 2.37. The van der Waals surface area contributed by atoms with Crippen LogP contribution in [0.2, 0.25) is 0 Å². The number of para-hydroxylation sites is 1. The molecule has 0 aliphatic carbocycles. The summed E-state index contributed by atoms with van der Waals surface area (Å²) in [5.41, 5.74) is 0.220. The SMILES string of the molecule is CCn1c(O)c(C#N)c(C)c(N=Nc2c(C)[nH]n(-c3ccccc3)c2=O)c1=O. The van der Waals surface area contributed by atoms with E-state index in [2.05, 4.69) is 15.3 Å². The summed E-state index contributed by atoms with van der Waals surface area (Å²) in [6.07, 6.45) is 0. The van der Waals surface area contributed by atoms with Gasteiger partial charge in [0.1, 0.15) is 11.6 Å². The molecule has 142 valence electrons. The molecule has 2 aromatic heterocycles. The Morgan fingerprint density at radius 2 is 1.75 bits per heavy atom. The molecule has 0 fully saturated rings. The number of aromatic amines is 1. The van der Waals surface area contributed by atoms with Crippen molar-refractivity contribution in [1.29, 1.82) is 5.26 Å². The van der Waals surface area contributed by atoms with Crippen molar-refractivity contribution in [2.45, 2.75) is 27.3 Å². The maximum Gasteiger partial charge on any atom is 0.299 e. The van der Waals surface area contributed by atoms with Gasteiger partial charge in [-0.15, -0.1) is 10.2 Å². The molecule has 28 heavy (non-hydrogen) atoms. The molecule has 0 aliphatic heterocycles. The number of aromatic nitrogens is 3. The third-order valence-corrected chi connectivity index (χ3v) is 4.39. The van der Waals surface area contributed by atoms with Gasteiger partial charge < -0.3 is 5.11 Å². The normalized spacial score (nSPS) is 11.1. The summed E-state index contributed by atoms with van der Waals surface area (Å²) in [4.78, 5) is 25.3. The van der Waals surface area contributed by atoms with Crippen LogP contribution < -0.4 is 11.1 Å². The van der Waals surface area contributed by atoms with Crippen molar-refractivity contribution >= 4 is 11.4 Å². The topological polar surface area (TPSA) is 129 Å². The minimum absolute atomic E-state index is 0.0529. The zero-order valence-electron chi connectivity index (χ0n) is 15.6. The van der Waals surface area contributed by atoms with Gasteiger partial charge in [0, 0.05) is 12.1 Å². The fraction of sp³-hybridized carbons (Fsp3) is 0.211. The van der Waals surface area contributed by atoms with Crippen molar-refractivity contribution in [3.05, 3.63) is 67.9 Å². The quantitative estimate of drug-likeness (QED) is 0.676. The number of azo groups is 1. The molecule has 1 aromatic carbocycles. The Kier molecular flexibility index (Phi) is 4.96. The first-order valence-corrected chi connectivity index (χ1v) is 8.55. The van der Waals surface area contributed by atoms with Gasteiger partial charge in [-0.25, -0.2) is 4.68 Å². The highest BCUT2D eigenvalue weighted by Crippen LogP contribution is 2.26. The number of H-pyrrole nitrogens is 1. The maximum atomic E-state index is 12.7. The average Bonchev–Trinajstić information content (AvgIpc) is 2.97. The summed E-state index contributed by atoms with van der Waals surface area (Å²) in [7, 11) is 0. The van der Waals surface area contributed by atoms with E-state index < -0.39 is 17.0 Å². The second-order valence-corrected chi connectivity index (χ2v) is 6.09. The zero-order chi connectivity index (χ0) is 20.4.